The van der Waals surface area contributed by atoms with Gasteiger partial charge < -0.3 is 20.3 Å². The number of guanidine groups is 1. The molecule has 2 N–H and O–H groups in total. The molecule has 2 saturated heterocycles. The summed E-state index contributed by atoms with van der Waals surface area (Å²) in [4.78, 5) is 9.29. The summed E-state index contributed by atoms with van der Waals surface area (Å²) in [6.45, 7) is 5.04. The van der Waals surface area contributed by atoms with Crippen molar-refractivity contribution in [1.29, 1.82) is 0 Å². The van der Waals surface area contributed by atoms with Gasteiger partial charge in [-0.05, 0) is 43.7 Å². The maximum Gasteiger partial charge on any atom is 0.191 e. The number of rotatable bonds is 4. The van der Waals surface area contributed by atoms with Crippen molar-refractivity contribution in [2.45, 2.75) is 25.7 Å². The van der Waals surface area contributed by atoms with Crippen LogP contribution in [0, 0.1) is 5.92 Å². The lowest BCUT2D eigenvalue weighted by Gasteiger charge is -2.27. The number of anilines is 1. The number of nitrogens with two attached hydrogens (primary N) is 1. The second-order valence-corrected chi connectivity index (χ2v) is 6.52. The zero-order valence-corrected chi connectivity index (χ0v) is 16.8. The van der Waals surface area contributed by atoms with Crippen LogP contribution in [-0.4, -0.2) is 50.7 Å². The number of hydrogen-bond donors (Lipinski definition) is 1. The average Bonchev–Trinajstić information content (AvgIpc) is 3.09. The minimum atomic E-state index is 0. The molecule has 2 aliphatic heterocycles. The summed E-state index contributed by atoms with van der Waals surface area (Å²) < 4.78 is 5.47. The Kier molecular flexibility index (Phi) is 7.45. The van der Waals surface area contributed by atoms with Gasteiger partial charge >= 0.3 is 0 Å². The van der Waals surface area contributed by atoms with E-state index in [9.17, 15) is 0 Å². The zero-order valence-electron chi connectivity index (χ0n) is 14.5. The van der Waals surface area contributed by atoms with E-state index in [4.69, 9.17) is 10.5 Å². The van der Waals surface area contributed by atoms with E-state index in [1.54, 1.807) is 7.11 Å². The molecule has 3 rings (SSSR count). The van der Waals surface area contributed by atoms with Crippen molar-refractivity contribution >= 4 is 35.6 Å². The first-order valence-electron chi connectivity index (χ1n) is 8.71. The van der Waals surface area contributed by atoms with Gasteiger partial charge in [-0.2, -0.15) is 0 Å². The fourth-order valence-corrected chi connectivity index (χ4v) is 3.54. The Hall–Kier alpha value is -1.18. The molecule has 0 saturated carbocycles. The van der Waals surface area contributed by atoms with E-state index in [0.29, 0.717) is 5.92 Å². The molecule has 0 aliphatic carbocycles. The quantitative estimate of drug-likeness (QED) is 0.441. The van der Waals surface area contributed by atoms with Crippen LogP contribution in [0.25, 0.3) is 0 Å². The first-order valence-corrected chi connectivity index (χ1v) is 8.71. The van der Waals surface area contributed by atoms with E-state index in [0.717, 1.165) is 50.9 Å². The molecule has 2 fully saturated rings. The summed E-state index contributed by atoms with van der Waals surface area (Å²) in [6, 6.07) is 8.24. The summed E-state index contributed by atoms with van der Waals surface area (Å²) in [5.41, 5.74) is 7.35. The van der Waals surface area contributed by atoms with Crippen molar-refractivity contribution < 1.29 is 4.74 Å². The summed E-state index contributed by atoms with van der Waals surface area (Å²) >= 11 is 0. The number of ether oxygens (including phenoxy) is 1. The Balaban J connectivity index is 0.00000208. The van der Waals surface area contributed by atoms with E-state index in [2.05, 4.69) is 26.9 Å². The third kappa shape index (κ3) is 4.68. The second kappa shape index (κ2) is 9.34. The number of benzene rings is 1. The van der Waals surface area contributed by atoms with E-state index in [-0.39, 0.29) is 24.0 Å². The molecule has 1 atom stereocenters. The topological polar surface area (TPSA) is 54.1 Å². The molecule has 2 heterocycles. The van der Waals surface area contributed by atoms with Gasteiger partial charge in [0.1, 0.15) is 5.75 Å². The smallest absolute Gasteiger partial charge is 0.191 e. The van der Waals surface area contributed by atoms with E-state index >= 15 is 0 Å². The van der Waals surface area contributed by atoms with Crippen molar-refractivity contribution in [3.63, 3.8) is 0 Å². The van der Waals surface area contributed by atoms with Crippen LogP contribution in [0.3, 0.4) is 0 Å². The van der Waals surface area contributed by atoms with Gasteiger partial charge in [-0.1, -0.05) is 12.1 Å². The van der Waals surface area contributed by atoms with Gasteiger partial charge in [0.15, 0.2) is 5.96 Å². The maximum absolute atomic E-state index is 6.16. The van der Waals surface area contributed by atoms with Crippen LogP contribution in [0.5, 0.6) is 5.75 Å². The number of likely N-dealkylation sites (tertiary alicyclic amines) is 1. The highest BCUT2D eigenvalue weighted by atomic mass is 127. The van der Waals surface area contributed by atoms with Crippen LogP contribution in [0.4, 0.5) is 5.69 Å². The summed E-state index contributed by atoms with van der Waals surface area (Å²) in [5, 5.41) is 0. The summed E-state index contributed by atoms with van der Waals surface area (Å²) in [6.07, 6.45) is 4.96. The second-order valence-electron chi connectivity index (χ2n) is 6.52. The Bertz CT molecular complexity index is 546. The van der Waals surface area contributed by atoms with Crippen molar-refractivity contribution in [3.8, 4) is 5.75 Å². The lowest BCUT2D eigenvalue weighted by atomic mass is 10.1. The lowest BCUT2D eigenvalue weighted by molar-refractivity contribution is 0.337. The maximum atomic E-state index is 6.16. The Labute approximate surface area is 162 Å². The Morgan fingerprint density at radius 3 is 2.71 bits per heavy atom. The predicted octanol–water partition coefficient (Wildman–Crippen LogP) is 2.94. The largest absolute Gasteiger partial charge is 0.495 e. The predicted molar refractivity (Wildman–Crippen MR) is 111 cm³/mol. The lowest BCUT2D eigenvalue weighted by Crippen LogP contribution is -2.41. The van der Waals surface area contributed by atoms with E-state index < -0.39 is 0 Å². The van der Waals surface area contributed by atoms with Gasteiger partial charge in [-0.25, -0.2) is 0 Å². The molecule has 1 aromatic rings. The van der Waals surface area contributed by atoms with Crippen molar-refractivity contribution in [2.24, 2.45) is 16.6 Å². The summed E-state index contributed by atoms with van der Waals surface area (Å²) in [5.74, 6) is 2.26. The van der Waals surface area contributed by atoms with Gasteiger partial charge in [-0.15, -0.1) is 24.0 Å². The summed E-state index contributed by atoms with van der Waals surface area (Å²) in [7, 11) is 1.73. The van der Waals surface area contributed by atoms with Gasteiger partial charge in [0, 0.05) is 32.7 Å². The molecule has 0 spiro atoms. The van der Waals surface area contributed by atoms with Crippen LogP contribution < -0.4 is 15.4 Å². The number of para-hydroxylation sites is 2. The monoisotopic (exact) mass is 444 g/mol. The third-order valence-corrected chi connectivity index (χ3v) is 4.90. The van der Waals surface area contributed by atoms with Gasteiger partial charge in [-0.3, -0.25) is 4.99 Å². The average molecular weight is 444 g/mol. The van der Waals surface area contributed by atoms with Crippen LogP contribution in [0.1, 0.15) is 25.7 Å². The van der Waals surface area contributed by atoms with E-state index in [1.165, 1.54) is 24.9 Å². The highest BCUT2D eigenvalue weighted by molar-refractivity contribution is 14.0. The first kappa shape index (κ1) is 19.1. The standard InChI is InChI=1S/C18H28N4O.HI/c1-23-17-8-4-3-7-16(17)22-12-9-15(14-22)13-20-18(19)21-10-5-2-6-11-21;/h3-4,7-8,15H,2,5-6,9-14H2,1H3,(H2,19,20);1H. The fraction of sp³-hybridized carbons (Fsp3) is 0.611. The minimum absolute atomic E-state index is 0. The van der Waals surface area contributed by atoms with Crippen LogP contribution >= 0.6 is 24.0 Å². The molecule has 1 unspecified atom stereocenters. The van der Waals surface area contributed by atoms with Crippen LogP contribution in [0.15, 0.2) is 29.3 Å². The molecular formula is C18H29IN4O. The Morgan fingerprint density at radius 1 is 1.21 bits per heavy atom. The number of hydrogen-bond acceptors (Lipinski definition) is 3. The number of nitrogens with zero attached hydrogens (tertiary/aromatic N) is 3. The normalized spacial score (nSPS) is 21.5. The molecule has 0 bridgehead atoms. The fourth-order valence-electron chi connectivity index (χ4n) is 3.54. The number of halogens is 1. The molecule has 134 valence electrons. The van der Waals surface area contributed by atoms with Gasteiger partial charge in [0.25, 0.3) is 0 Å². The first-order chi connectivity index (χ1) is 11.3. The molecule has 0 aromatic heterocycles. The van der Waals surface area contributed by atoms with Gasteiger partial charge in [0.05, 0.1) is 12.8 Å². The third-order valence-electron chi connectivity index (χ3n) is 4.90. The highest BCUT2D eigenvalue weighted by Gasteiger charge is 2.24. The molecule has 0 amide bonds. The molecular weight excluding hydrogens is 415 g/mol. The molecule has 1 aromatic carbocycles. The van der Waals surface area contributed by atoms with Crippen LogP contribution in [0.2, 0.25) is 0 Å². The van der Waals surface area contributed by atoms with Crippen molar-refractivity contribution in [1.82, 2.24) is 4.90 Å². The number of piperidine rings is 1. The minimum Gasteiger partial charge on any atom is -0.495 e. The van der Waals surface area contributed by atoms with Crippen molar-refractivity contribution in [3.05, 3.63) is 24.3 Å². The van der Waals surface area contributed by atoms with Gasteiger partial charge in [0.2, 0.25) is 0 Å². The highest BCUT2D eigenvalue weighted by Crippen LogP contribution is 2.31. The molecule has 0 radical (unpaired) electrons. The van der Waals surface area contributed by atoms with Crippen LogP contribution in [-0.2, 0) is 0 Å². The number of aliphatic imine (C=N–C) groups is 1. The van der Waals surface area contributed by atoms with E-state index in [1.807, 2.05) is 12.1 Å². The SMILES string of the molecule is COc1ccccc1N1CCC(CN=C(N)N2CCCCC2)C1.I. The van der Waals surface area contributed by atoms with Crippen molar-refractivity contribution in [2.75, 3.05) is 44.7 Å². The molecule has 6 heteroatoms. The Morgan fingerprint density at radius 2 is 1.96 bits per heavy atom. The zero-order chi connectivity index (χ0) is 16.1. The molecule has 24 heavy (non-hydrogen) atoms. The number of methoxy groups -OCH3 is 1. The molecule has 5 nitrogen and oxygen atoms in total. The molecule has 2 aliphatic rings.